The number of carbonyl (C=O) groups is 1. The Morgan fingerprint density at radius 1 is 1.12 bits per heavy atom. The third-order valence-electron chi connectivity index (χ3n) is 5.08. The minimum absolute atomic E-state index is 0.00760. The summed E-state index contributed by atoms with van der Waals surface area (Å²) in [7, 11) is 0. The summed E-state index contributed by atoms with van der Waals surface area (Å²) >= 11 is 0. The summed E-state index contributed by atoms with van der Waals surface area (Å²) in [6.45, 7) is 1.36. The molecule has 0 unspecified atom stereocenters. The van der Waals surface area contributed by atoms with Crippen molar-refractivity contribution in [2.45, 2.75) is 32.6 Å². The van der Waals surface area contributed by atoms with E-state index in [0.717, 1.165) is 12.8 Å². The number of benzene rings is 1. The van der Waals surface area contributed by atoms with Crippen LogP contribution in [0.25, 0.3) is 22.4 Å². The zero-order valence-electron chi connectivity index (χ0n) is 17.3. The van der Waals surface area contributed by atoms with E-state index >= 15 is 0 Å². The Labute approximate surface area is 182 Å². The van der Waals surface area contributed by atoms with Gasteiger partial charge >= 0.3 is 0 Å². The Balaban J connectivity index is 1.83. The molecule has 1 aliphatic rings. The highest BCUT2D eigenvalue weighted by molar-refractivity contribution is 5.86. The van der Waals surface area contributed by atoms with E-state index < -0.39 is 17.9 Å². The smallest absolute Gasteiger partial charge is 0.280 e. The van der Waals surface area contributed by atoms with Gasteiger partial charge in [-0.15, -0.1) is 0 Å². The topological polar surface area (TPSA) is 91.0 Å². The Morgan fingerprint density at radius 2 is 1.84 bits per heavy atom. The highest BCUT2D eigenvalue weighted by Gasteiger charge is 2.26. The number of rotatable bonds is 8. The largest absolute Gasteiger partial charge is 0.469 e. The number of carbonyl (C=O) groups excluding carboxylic acids is 1. The summed E-state index contributed by atoms with van der Waals surface area (Å²) in [6, 6.07) is 8.29. The van der Waals surface area contributed by atoms with Gasteiger partial charge in [0.1, 0.15) is 18.1 Å². The maximum absolute atomic E-state index is 13.5. The number of hydrogen-bond acceptors (Lipinski definition) is 6. The van der Waals surface area contributed by atoms with Gasteiger partial charge in [-0.2, -0.15) is 4.98 Å². The number of hydrogen-bond donors (Lipinski definition) is 1. The number of nitrogen functional groups attached to an aromatic ring is 1. The molecule has 0 aliphatic heterocycles. The van der Waals surface area contributed by atoms with Crippen molar-refractivity contribution in [3.05, 3.63) is 53.6 Å². The first-order valence-electron chi connectivity index (χ1n) is 10.1. The maximum Gasteiger partial charge on any atom is 0.280 e. The van der Waals surface area contributed by atoms with Crippen molar-refractivity contribution in [1.29, 1.82) is 0 Å². The van der Waals surface area contributed by atoms with E-state index in [9.17, 15) is 18.0 Å². The van der Waals surface area contributed by atoms with Gasteiger partial charge in [-0.3, -0.25) is 9.78 Å². The van der Waals surface area contributed by atoms with Crippen LogP contribution in [-0.2, 0) is 4.79 Å². The molecule has 0 saturated heterocycles. The normalized spacial score (nSPS) is 13.4. The second-order valence-electron chi connectivity index (χ2n) is 7.82. The molecular formula is C23H21F3N4O2. The van der Waals surface area contributed by atoms with Crippen molar-refractivity contribution in [3.8, 4) is 28.3 Å². The van der Waals surface area contributed by atoms with Gasteiger partial charge in [0.25, 0.3) is 6.43 Å². The van der Waals surface area contributed by atoms with E-state index in [1.54, 1.807) is 13.0 Å². The van der Waals surface area contributed by atoms with Crippen molar-refractivity contribution in [1.82, 2.24) is 15.0 Å². The summed E-state index contributed by atoms with van der Waals surface area (Å²) < 4.78 is 46.1. The lowest BCUT2D eigenvalue weighted by Gasteiger charge is -2.16. The van der Waals surface area contributed by atoms with Gasteiger partial charge in [-0.05, 0) is 67.6 Å². The van der Waals surface area contributed by atoms with Crippen molar-refractivity contribution < 1.29 is 22.7 Å². The van der Waals surface area contributed by atoms with E-state index in [2.05, 4.69) is 15.0 Å². The molecule has 1 saturated carbocycles. The third kappa shape index (κ3) is 5.04. The molecule has 9 heteroatoms. The maximum atomic E-state index is 13.5. The Kier molecular flexibility index (Phi) is 6.07. The predicted molar refractivity (Wildman–Crippen MR) is 113 cm³/mol. The zero-order valence-corrected chi connectivity index (χ0v) is 17.3. The Hall–Kier alpha value is -3.49. The van der Waals surface area contributed by atoms with Crippen LogP contribution in [-0.4, -0.2) is 27.3 Å². The van der Waals surface area contributed by atoms with Crippen LogP contribution in [0.2, 0.25) is 0 Å². The highest BCUT2D eigenvalue weighted by Crippen LogP contribution is 2.39. The number of aromatic nitrogens is 3. The molecule has 166 valence electrons. The second kappa shape index (κ2) is 8.94. The molecule has 6 nitrogen and oxygen atoms in total. The molecule has 1 aromatic carbocycles. The van der Waals surface area contributed by atoms with Crippen molar-refractivity contribution in [3.63, 3.8) is 0 Å². The molecule has 2 N–H and O–H groups in total. The van der Waals surface area contributed by atoms with Gasteiger partial charge in [0.15, 0.2) is 5.78 Å². The zero-order chi connectivity index (χ0) is 22.8. The number of anilines is 1. The van der Waals surface area contributed by atoms with E-state index in [1.165, 1.54) is 30.3 Å². The average molecular weight is 442 g/mol. The number of nitrogens with zero attached hydrogens (tertiary/aromatic N) is 3. The third-order valence-corrected chi connectivity index (χ3v) is 5.08. The molecule has 2 heterocycles. The van der Waals surface area contributed by atoms with Crippen LogP contribution < -0.4 is 10.5 Å². The summed E-state index contributed by atoms with van der Waals surface area (Å²) in [5.74, 6) is -0.269. The van der Waals surface area contributed by atoms with E-state index in [-0.39, 0.29) is 35.5 Å². The van der Waals surface area contributed by atoms with Crippen LogP contribution in [0, 0.1) is 18.7 Å². The van der Waals surface area contributed by atoms with Gasteiger partial charge in [-0.25, -0.2) is 18.2 Å². The lowest BCUT2D eigenvalue weighted by Crippen LogP contribution is -2.14. The SMILES string of the molecule is Cc1cc(-c2c(OCC(=O)CC3CC3)nc(N)nc2-c2ccc(F)cc2)cc(C(F)F)n1. The number of Topliss-reactive ketones (excluding diaryl/α,β-unsaturated/α-hetero) is 1. The molecule has 2 aromatic heterocycles. The van der Waals surface area contributed by atoms with Crippen LogP contribution in [0.5, 0.6) is 5.88 Å². The first kappa shape index (κ1) is 21.7. The van der Waals surface area contributed by atoms with Gasteiger partial charge in [0, 0.05) is 17.7 Å². The fourth-order valence-electron chi connectivity index (χ4n) is 3.44. The molecule has 0 atom stereocenters. The number of nitrogens with two attached hydrogens (primary N) is 1. The van der Waals surface area contributed by atoms with Crippen molar-refractivity contribution >= 4 is 11.7 Å². The number of alkyl halides is 2. The van der Waals surface area contributed by atoms with E-state index in [0.29, 0.717) is 29.2 Å². The lowest BCUT2D eigenvalue weighted by atomic mass is 9.99. The van der Waals surface area contributed by atoms with Gasteiger partial charge in [-0.1, -0.05) is 0 Å². The first-order chi connectivity index (χ1) is 15.3. The fraction of sp³-hybridized carbons (Fsp3) is 0.304. The molecule has 0 bridgehead atoms. The number of halogens is 3. The van der Waals surface area contributed by atoms with Crippen LogP contribution >= 0.6 is 0 Å². The molecule has 3 aromatic rings. The number of ether oxygens (including phenoxy) is 1. The van der Waals surface area contributed by atoms with Gasteiger partial charge < -0.3 is 10.5 Å². The van der Waals surface area contributed by atoms with Crippen LogP contribution in [0.4, 0.5) is 19.1 Å². The molecule has 4 rings (SSSR count). The molecule has 1 fully saturated rings. The minimum atomic E-state index is -2.79. The minimum Gasteiger partial charge on any atom is -0.469 e. The monoisotopic (exact) mass is 442 g/mol. The summed E-state index contributed by atoms with van der Waals surface area (Å²) in [5.41, 5.74) is 7.18. The summed E-state index contributed by atoms with van der Waals surface area (Å²) in [5, 5.41) is 0. The number of aryl methyl sites for hydroxylation is 1. The van der Waals surface area contributed by atoms with Crippen LogP contribution in [0.1, 0.15) is 37.1 Å². The quantitative estimate of drug-likeness (QED) is 0.532. The summed E-state index contributed by atoms with van der Waals surface area (Å²) in [4.78, 5) is 24.5. The van der Waals surface area contributed by atoms with Gasteiger partial charge in [0.2, 0.25) is 11.8 Å². The second-order valence-corrected chi connectivity index (χ2v) is 7.82. The van der Waals surface area contributed by atoms with Crippen molar-refractivity contribution in [2.75, 3.05) is 12.3 Å². The Morgan fingerprint density at radius 3 is 2.50 bits per heavy atom. The van der Waals surface area contributed by atoms with Crippen LogP contribution in [0.15, 0.2) is 36.4 Å². The first-order valence-corrected chi connectivity index (χ1v) is 10.1. The molecular weight excluding hydrogens is 421 g/mol. The Bertz CT molecular complexity index is 1150. The highest BCUT2D eigenvalue weighted by atomic mass is 19.3. The molecule has 32 heavy (non-hydrogen) atoms. The lowest BCUT2D eigenvalue weighted by molar-refractivity contribution is -0.121. The number of pyridine rings is 1. The molecule has 0 amide bonds. The van der Waals surface area contributed by atoms with Crippen molar-refractivity contribution in [2.24, 2.45) is 5.92 Å². The van der Waals surface area contributed by atoms with Gasteiger partial charge in [0.05, 0.1) is 11.3 Å². The van der Waals surface area contributed by atoms with E-state index in [4.69, 9.17) is 10.5 Å². The predicted octanol–water partition coefficient (Wildman–Crippen LogP) is 4.92. The number of ketones is 1. The average Bonchev–Trinajstić information content (AvgIpc) is 3.55. The van der Waals surface area contributed by atoms with Crippen LogP contribution in [0.3, 0.4) is 0 Å². The fourth-order valence-corrected chi connectivity index (χ4v) is 3.44. The van der Waals surface area contributed by atoms with E-state index in [1.807, 2.05) is 0 Å². The molecule has 1 aliphatic carbocycles. The molecule has 0 radical (unpaired) electrons. The molecule has 0 spiro atoms. The summed E-state index contributed by atoms with van der Waals surface area (Å²) in [6.07, 6.45) is -0.315. The standard InChI is InChI=1S/C23H21F3N4O2/c1-12-8-15(10-18(28-12)21(25)26)19-20(14-4-6-16(24)7-5-14)29-23(27)30-22(19)32-11-17(31)9-13-2-3-13/h4-8,10,13,21H,2-3,9,11H2,1H3,(H2,27,29,30).